The van der Waals surface area contributed by atoms with Gasteiger partial charge in [0.05, 0.1) is 23.6 Å². The number of hydrazone groups is 1. The summed E-state index contributed by atoms with van der Waals surface area (Å²) in [4.78, 5) is 11.0. The molecule has 0 amide bonds. The van der Waals surface area contributed by atoms with E-state index in [0.29, 0.717) is 5.69 Å². The van der Waals surface area contributed by atoms with Crippen LogP contribution in [0.2, 0.25) is 0 Å². The van der Waals surface area contributed by atoms with Crippen LogP contribution in [-0.2, 0) is 7.05 Å². The summed E-state index contributed by atoms with van der Waals surface area (Å²) in [6.07, 6.45) is 1.77. The van der Waals surface area contributed by atoms with Crippen molar-refractivity contribution in [3.05, 3.63) is 90.0 Å². The molecule has 1 N–H and O–H groups in total. The molecule has 4 aromatic rings. The topological polar surface area (TPSA) is 69.5 Å². The van der Waals surface area contributed by atoms with E-state index in [-0.39, 0.29) is 5.56 Å². The molecule has 28 heavy (non-hydrogen) atoms. The lowest BCUT2D eigenvalue weighted by molar-refractivity contribution is -0.255. The number of aromatic carboxylic acids is 1. The van der Waals surface area contributed by atoms with Gasteiger partial charge < -0.3 is 14.5 Å². The molecule has 3 aromatic carbocycles. The zero-order valence-electron chi connectivity index (χ0n) is 15.3. The Balaban J connectivity index is 1.75. The number of carbonyl (C=O) groups excluding carboxylic acids is 1. The van der Waals surface area contributed by atoms with Gasteiger partial charge in [-0.3, -0.25) is 5.43 Å². The molecule has 0 saturated heterocycles. The van der Waals surface area contributed by atoms with E-state index in [1.807, 2.05) is 37.4 Å². The first-order chi connectivity index (χ1) is 13.6. The molecule has 4 rings (SSSR count). The predicted molar refractivity (Wildman–Crippen MR) is 110 cm³/mol. The highest BCUT2D eigenvalue weighted by Crippen LogP contribution is 2.31. The summed E-state index contributed by atoms with van der Waals surface area (Å²) in [6.45, 7) is 0. The maximum Gasteiger partial charge on any atom is 0.0716 e. The quantitative estimate of drug-likeness (QED) is 0.432. The fourth-order valence-electron chi connectivity index (χ4n) is 3.39. The van der Waals surface area contributed by atoms with Gasteiger partial charge in [0.2, 0.25) is 0 Å². The molecule has 0 bridgehead atoms. The normalized spacial score (nSPS) is 11.2. The van der Waals surface area contributed by atoms with Crippen LogP contribution in [0.3, 0.4) is 0 Å². The molecule has 0 radical (unpaired) electrons. The second-order valence-corrected chi connectivity index (χ2v) is 6.44. The summed E-state index contributed by atoms with van der Waals surface area (Å²) in [7, 11) is 2.04. The zero-order chi connectivity index (χ0) is 19.5. The molecule has 1 heterocycles. The van der Waals surface area contributed by atoms with Gasteiger partial charge in [-0.05, 0) is 29.3 Å². The standard InChI is InChI=1S/C23H19N3O2/c1-26-21-13-6-5-12-19(21)20(22(26)16-8-3-2-4-9-16)15-24-25-18-11-7-10-17(14-18)23(27)28/h2-15,25H,1H3,(H,27,28)/p-1/b24-15-. The Bertz CT molecular complexity index is 1180. The smallest absolute Gasteiger partial charge is 0.0716 e. The number of carboxylic acid groups (broad SMARTS) is 1. The number of para-hydroxylation sites is 1. The Kier molecular flexibility index (Phi) is 4.64. The maximum atomic E-state index is 11.0. The van der Waals surface area contributed by atoms with Crippen LogP contribution in [0, 0.1) is 0 Å². The fourth-order valence-corrected chi connectivity index (χ4v) is 3.39. The van der Waals surface area contributed by atoms with Gasteiger partial charge in [0.15, 0.2) is 0 Å². The van der Waals surface area contributed by atoms with Crippen LogP contribution >= 0.6 is 0 Å². The van der Waals surface area contributed by atoms with Gasteiger partial charge in [0, 0.05) is 23.5 Å². The van der Waals surface area contributed by atoms with Gasteiger partial charge >= 0.3 is 0 Å². The molecule has 5 nitrogen and oxygen atoms in total. The molecule has 0 atom stereocenters. The number of carboxylic acids is 1. The van der Waals surface area contributed by atoms with Crippen molar-refractivity contribution in [2.24, 2.45) is 12.1 Å². The van der Waals surface area contributed by atoms with Crippen LogP contribution in [0.15, 0.2) is 84.0 Å². The summed E-state index contributed by atoms with van der Waals surface area (Å²) in [6, 6.07) is 24.7. The third-order valence-electron chi connectivity index (χ3n) is 4.68. The molecule has 5 heteroatoms. The molecular weight excluding hydrogens is 350 g/mol. The van der Waals surface area contributed by atoms with Crippen LogP contribution in [0.25, 0.3) is 22.2 Å². The van der Waals surface area contributed by atoms with E-state index >= 15 is 0 Å². The lowest BCUT2D eigenvalue weighted by Gasteiger charge is -2.07. The van der Waals surface area contributed by atoms with Gasteiger partial charge in [-0.1, -0.05) is 60.7 Å². The lowest BCUT2D eigenvalue weighted by atomic mass is 10.1. The van der Waals surface area contributed by atoms with E-state index in [2.05, 4.69) is 39.4 Å². The van der Waals surface area contributed by atoms with E-state index in [0.717, 1.165) is 27.7 Å². The Morgan fingerprint density at radius 2 is 1.75 bits per heavy atom. The zero-order valence-corrected chi connectivity index (χ0v) is 15.3. The summed E-state index contributed by atoms with van der Waals surface area (Å²) in [5.41, 5.74) is 7.87. The number of hydrogen-bond donors (Lipinski definition) is 1. The number of hydrogen-bond acceptors (Lipinski definition) is 4. The van der Waals surface area contributed by atoms with Crippen LogP contribution in [-0.4, -0.2) is 16.8 Å². The highest BCUT2D eigenvalue weighted by atomic mass is 16.4. The maximum absolute atomic E-state index is 11.0. The number of nitrogens with one attached hydrogen (secondary N) is 1. The molecule has 0 unspecified atom stereocenters. The minimum absolute atomic E-state index is 0.107. The summed E-state index contributed by atoms with van der Waals surface area (Å²) in [5.74, 6) is -1.21. The molecule has 0 saturated carbocycles. The Morgan fingerprint density at radius 3 is 2.54 bits per heavy atom. The van der Waals surface area contributed by atoms with Crippen molar-refractivity contribution in [1.82, 2.24) is 4.57 Å². The summed E-state index contributed by atoms with van der Waals surface area (Å²) >= 11 is 0. The third kappa shape index (κ3) is 3.25. The van der Waals surface area contributed by atoms with E-state index in [9.17, 15) is 9.90 Å². The lowest BCUT2D eigenvalue weighted by Crippen LogP contribution is -2.22. The molecular formula is C23H18N3O2-. The van der Waals surface area contributed by atoms with E-state index in [1.165, 1.54) is 12.1 Å². The van der Waals surface area contributed by atoms with E-state index in [1.54, 1.807) is 18.3 Å². The van der Waals surface area contributed by atoms with Crippen molar-refractivity contribution in [3.8, 4) is 11.3 Å². The Morgan fingerprint density at radius 1 is 1.00 bits per heavy atom. The van der Waals surface area contributed by atoms with Gasteiger partial charge in [0.25, 0.3) is 0 Å². The van der Waals surface area contributed by atoms with Gasteiger partial charge in [-0.15, -0.1) is 0 Å². The van der Waals surface area contributed by atoms with Crippen LogP contribution in [0.4, 0.5) is 5.69 Å². The van der Waals surface area contributed by atoms with Gasteiger partial charge in [-0.2, -0.15) is 5.10 Å². The van der Waals surface area contributed by atoms with Crippen molar-refractivity contribution in [1.29, 1.82) is 0 Å². The molecule has 138 valence electrons. The third-order valence-corrected chi connectivity index (χ3v) is 4.68. The fraction of sp³-hybridized carbons (Fsp3) is 0.0435. The predicted octanol–water partition coefficient (Wildman–Crippen LogP) is 3.65. The number of aryl methyl sites for hydroxylation is 1. The SMILES string of the molecule is Cn1c(-c2ccccc2)c(/C=N\Nc2cccc(C(=O)[O-])c2)c2ccccc21. The van der Waals surface area contributed by atoms with Crippen molar-refractivity contribution in [3.63, 3.8) is 0 Å². The van der Waals surface area contributed by atoms with Crippen LogP contribution < -0.4 is 10.5 Å². The average Bonchev–Trinajstić information content (AvgIpc) is 3.01. The second kappa shape index (κ2) is 7.40. The van der Waals surface area contributed by atoms with Crippen molar-refractivity contribution in [2.45, 2.75) is 0 Å². The van der Waals surface area contributed by atoms with Crippen LogP contribution in [0.5, 0.6) is 0 Å². The molecule has 0 aliphatic heterocycles. The number of fused-ring (bicyclic) bond motifs is 1. The number of rotatable bonds is 5. The van der Waals surface area contributed by atoms with E-state index in [4.69, 9.17) is 0 Å². The number of nitrogens with zero attached hydrogens (tertiary/aromatic N) is 2. The number of carbonyl (C=O) groups is 1. The minimum atomic E-state index is -1.21. The molecule has 0 aliphatic rings. The number of benzene rings is 3. The van der Waals surface area contributed by atoms with Crippen LogP contribution in [0.1, 0.15) is 15.9 Å². The number of anilines is 1. The van der Waals surface area contributed by atoms with Crippen molar-refractivity contribution in [2.75, 3.05) is 5.43 Å². The first-order valence-electron chi connectivity index (χ1n) is 8.88. The summed E-state index contributed by atoms with van der Waals surface area (Å²) < 4.78 is 2.16. The Hall–Kier alpha value is -3.86. The monoisotopic (exact) mass is 368 g/mol. The summed E-state index contributed by atoms with van der Waals surface area (Å²) in [5, 5.41) is 16.5. The highest BCUT2D eigenvalue weighted by Gasteiger charge is 2.14. The first kappa shape index (κ1) is 17.5. The van der Waals surface area contributed by atoms with Gasteiger partial charge in [-0.25, -0.2) is 0 Å². The Labute approximate surface area is 162 Å². The molecule has 1 aromatic heterocycles. The van der Waals surface area contributed by atoms with Gasteiger partial charge in [0.1, 0.15) is 0 Å². The largest absolute Gasteiger partial charge is 0.545 e. The van der Waals surface area contributed by atoms with E-state index < -0.39 is 5.97 Å². The van der Waals surface area contributed by atoms with Crippen molar-refractivity contribution >= 4 is 28.8 Å². The molecule has 0 aliphatic carbocycles. The van der Waals surface area contributed by atoms with Crippen molar-refractivity contribution < 1.29 is 9.90 Å². The second-order valence-electron chi connectivity index (χ2n) is 6.44. The average molecular weight is 368 g/mol. The molecule has 0 fully saturated rings. The minimum Gasteiger partial charge on any atom is -0.545 e. The number of aromatic nitrogens is 1. The first-order valence-corrected chi connectivity index (χ1v) is 8.88. The molecule has 0 spiro atoms. The highest BCUT2D eigenvalue weighted by molar-refractivity contribution is 6.06.